The van der Waals surface area contributed by atoms with Crippen LogP contribution in [-0.4, -0.2) is 67.2 Å². The van der Waals surface area contributed by atoms with Crippen molar-refractivity contribution in [1.82, 2.24) is 29.5 Å². The minimum absolute atomic E-state index is 0.0291. The standard InChI is InChI=1S/C17H26N6O4/c1-5-22-13(19-20(4)16(22)27)11-7-6-8-21(9-11)12(24)10-23-15(26)18-14(25)17(23,2)3/h11H,5-10H2,1-4H3,(H,18,25,26)/t11-/m0/s1. The van der Waals surface area contributed by atoms with Crippen molar-refractivity contribution in [2.75, 3.05) is 19.6 Å². The highest BCUT2D eigenvalue weighted by atomic mass is 16.2. The maximum Gasteiger partial charge on any atom is 0.345 e. The van der Waals surface area contributed by atoms with Crippen LogP contribution in [0.2, 0.25) is 0 Å². The fraction of sp³-hybridized carbons (Fsp3) is 0.706. The van der Waals surface area contributed by atoms with E-state index in [0.29, 0.717) is 25.5 Å². The fourth-order valence-electron chi connectivity index (χ4n) is 3.74. The first-order chi connectivity index (χ1) is 12.7. The minimum atomic E-state index is -1.05. The van der Waals surface area contributed by atoms with Gasteiger partial charge in [-0.25, -0.2) is 14.3 Å². The lowest BCUT2D eigenvalue weighted by Gasteiger charge is -2.35. The minimum Gasteiger partial charge on any atom is -0.340 e. The summed E-state index contributed by atoms with van der Waals surface area (Å²) in [7, 11) is 1.62. The van der Waals surface area contributed by atoms with Gasteiger partial charge in [-0.3, -0.25) is 19.5 Å². The van der Waals surface area contributed by atoms with Crippen LogP contribution in [0.15, 0.2) is 4.79 Å². The van der Waals surface area contributed by atoms with Crippen LogP contribution in [0, 0.1) is 0 Å². The van der Waals surface area contributed by atoms with Crippen molar-refractivity contribution in [3.63, 3.8) is 0 Å². The van der Waals surface area contributed by atoms with Crippen LogP contribution in [0.3, 0.4) is 0 Å². The van der Waals surface area contributed by atoms with Gasteiger partial charge in [-0.15, -0.1) is 0 Å². The Bertz CT molecular complexity index is 839. The number of carbonyl (C=O) groups excluding carboxylic acids is 3. The molecule has 1 aromatic rings. The number of imide groups is 1. The van der Waals surface area contributed by atoms with Crippen LogP contribution >= 0.6 is 0 Å². The van der Waals surface area contributed by atoms with E-state index in [0.717, 1.165) is 12.8 Å². The number of nitrogens with one attached hydrogen (secondary N) is 1. The third-order valence-corrected chi connectivity index (χ3v) is 5.48. The lowest BCUT2D eigenvalue weighted by Crippen LogP contribution is -2.51. The van der Waals surface area contributed by atoms with Crippen molar-refractivity contribution in [3.05, 3.63) is 16.3 Å². The largest absolute Gasteiger partial charge is 0.345 e. The number of urea groups is 1. The molecule has 4 amide bonds. The molecule has 1 atom stereocenters. The number of hydrogen-bond donors (Lipinski definition) is 1. The number of carbonyl (C=O) groups is 3. The third kappa shape index (κ3) is 3.24. The Morgan fingerprint density at radius 1 is 1.30 bits per heavy atom. The quantitative estimate of drug-likeness (QED) is 0.720. The average molecular weight is 378 g/mol. The molecule has 0 unspecified atom stereocenters. The molecule has 3 rings (SSSR count). The van der Waals surface area contributed by atoms with E-state index in [2.05, 4.69) is 10.4 Å². The number of hydrogen-bond acceptors (Lipinski definition) is 5. The molecule has 3 heterocycles. The number of nitrogens with zero attached hydrogens (tertiary/aromatic N) is 5. The van der Waals surface area contributed by atoms with Crippen molar-refractivity contribution >= 4 is 17.8 Å². The van der Waals surface area contributed by atoms with E-state index >= 15 is 0 Å². The summed E-state index contributed by atoms with van der Waals surface area (Å²) in [6, 6.07) is -0.545. The molecule has 1 aromatic heterocycles. The molecule has 2 saturated heterocycles. The van der Waals surface area contributed by atoms with Gasteiger partial charge in [-0.05, 0) is 33.6 Å². The zero-order chi connectivity index (χ0) is 19.9. The van der Waals surface area contributed by atoms with Crippen LogP contribution < -0.4 is 11.0 Å². The predicted molar refractivity (Wildman–Crippen MR) is 96.0 cm³/mol. The molecular weight excluding hydrogens is 352 g/mol. The SMILES string of the molecule is CCn1c([C@H]2CCCN(C(=O)CN3C(=O)NC(=O)C3(C)C)C2)nn(C)c1=O. The van der Waals surface area contributed by atoms with Gasteiger partial charge in [0.1, 0.15) is 17.9 Å². The molecule has 2 aliphatic rings. The second-order valence-electron chi connectivity index (χ2n) is 7.59. The zero-order valence-corrected chi connectivity index (χ0v) is 16.2. The van der Waals surface area contributed by atoms with Crippen molar-refractivity contribution in [3.8, 4) is 0 Å². The zero-order valence-electron chi connectivity index (χ0n) is 16.2. The maximum absolute atomic E-state index is 12.8. The lowest BCUT2D eigenvalue weighted by molar-refractivity contribution is -0.134. The summed E-state index contributed by atoms with van der Waals surface area (Å²) in [5.41, 5.74) is -1.21. The number of amides is 4. The molecule has 10 heteroatoms. The van der Waals surface area contributed by atoms with E-state index in [1.54, 1.807) is 30.4 Å². The van der Waals surface area contributed by atoms with Crippen molar-refractivity contribution < 1.29 is 14.4 Å². The highest BCUT2D eigenvalue weighted by Crippen LogP contribution is 2.26. The summed E-state index contributed by atoms with van der Waals surface area (Å²) >= 11 is 0. The molecule has 0 aromatic carbocycles. The van der Waals surface area contributed by atoms with Gasteiger partial charge in [-0.2, -0.15) is 5.10 Å². The van der Waals surface area contributed by atoms with Gasteiger partial charge in [0.25, 0.3) is 5.91 Å². The van der Waals surface area contributed by atoms with Crippen molar-refractivity contribution in [2.45, 2.75) is 51.6 Å². The number of piperidine rings is 1. The molecule has 0 saturated carbocycles. The van der Waals surface area contributed by atoms with Crippen LogP contribution in [0.5, 0.6) is 0 Å². The first-order valence-corrected chi connectivity index (χ1v) is 9.21. The molecule has 2 fully saturated rings. The van der Waals surface area contributed by atoms with Gasteiger partial charge in [0.2, 0.25) is 5.91 Å². The van der Waals surface area contributed by atoms with Gasteiger partial charge >= 0.3 is 11.7 Å². The summed E-state index contributed by atoms with van der Waals surface area (Å²) in [6.07, 6.45) is 1.63. The Morgan fingerprint density at radius 3 is 2.59 bits per heavy atom. The van der Waals surface area contributed by atoms with E-state index in [1.165, 1.54) is 9.58 Å². The molecule has 148 valence electrons. The fourth-order valence-corrected chi connectivity index (χ4v) is 3.74. The maximum atomic E-state index is 12.8. The van der Waals surface area contributed by atoms with Gasteiger partial charge in [-0.1, -0.05) is 0 Å². The smallest absolute Gasteiger partial charge is 0.340 e. The second kappa shape index (κ2) is 6.82. The lowest BCUT2D eigenvalue weighted by atomic mass is 9.97. The van der Waals surface area contributed by atoms with Crippen LogP contribution in [-0.2, 0) is 23.2 Å². The Balaban J connectivity index is 1.74. The number of likely N-dealkylation sites (tertiary alicyclic amines) is 1. The van der Waals surface area contributed by atoms with Gasteiger partial charge in [0.05, 0.1) is 0 Å². The molecule has 27 heavy (non-hydrogen) atoms. The van der Waals surface area contributed by atoms with Crippen LogP contribution in [0.25, 0.3) is 0 Å². The van der Waals surface area contributed by atoms with Crippen molar-refractivity contribution in [1.29, 1.82) is 0 Å². The van der Waals surface area contributed by atoms with Crippen molar-refractivity contribution in [2.24, 2.45) is 7.05 Å². The molecule has 1 N–H and O–H groups in total. The topological polar surface area (TPSA) is 110 Å². The summed E-state index contributed by atoms with van der Waals surface area (Å²) in [5, 5.41) is 6.61. The molecular formula is C17H26N6O4. The Kier molecular flexibility index (Phi) is 4.83. The van der Waals surface area contributed by atoms with E-state index in [1.807, 2.05) is 6.92 Å². The van der Waals surface area contributed by atoms with E-state index in [9.17, 15) is 19.2 Å². The summed E-state index contributed by atoms with van der Waals surface area (Å²) in [5.74, 6) is 0.0479. The molecule has 0 aliphatic carbocycles. The van der Waals surface area contributed by atoms with Gasteiger partial charge in [0, 0.05) is 32.6 Å². The van der Waals surface area contributed by atoms with Gasteiger partial charge in [0.15, 0.2) is 0 Å². The first kappa shape index (κ1) is 19.1. The highest BCUT2D eigenvalue weighted by molar-refractivity contribution is 6.07. The summed E-state index contributed by atoms with van der Waals surface area (Å²) in [6.45, 7) is 6.53. The Morgan fingerprint density at radius 2 is 2.00 bits per heavy atom. The third-order valence-electron chi connectivity index (χ3n) is 5.48. The Hall–Kier alpha value is -2.65. The molecule has 0 bridgehead atoms. The number of aryl methyl sites for hydroxylation is 1. The highest BCUT2D eigenvalue weighted by Gasteiger charge is 2.46. The molecule has 0 radical (unpaired) electrons. The second-order valence-corrected chi connectivity index (χ2v) is 7.59. The average Bonchev–Trinajstić information content (AvgIpc) is 3.02. The molecule has 10 nitrogen and oxygen atoms in total. The molecule has 0 spiro atoms. The Labute approximate surface area is 157 Å². The number of aromatic nitrogens is 3. The first-order valence-electron chi connectivity index (χ1n) is 9.21. The van der Waals surface area contributed by atoms with Crippen LogP contribution in [0.4, 0.5) is 4.79 Å². The summed E-state index contributed by atoms with van der Waals surface area (Å²) < 4.78 is 2.95. The summed E-state index contributed by atoms with van der Waals surface area (Å²) in [4.78, 5) is 51.8. The van der Waals surface area contributed by atoms with E-state index < -0.39 is 17.5 Å². The predicted octanol–water partition coefficient (Wildman–Crippen LogP) is -0.362. The van der Waals surface area contributed by atoms with E-state index in [-0.39, 0.29) is 24.1 Å². The van der Waals surface area contributed by atoms with Crippen LogP contribution in [0.1, 0.15) is 45.4 Å². The number of rotatable bonds is 4. The monoisotopic (exact) mass is 378 g/mol. The molecule has 2 aliphatic heterocycles. The normalized spacial score (nSPS) is 22.3. The van der Waals surface area contributed by atoms with E-state index in [4.69, 9.17) is 0 Å². The van der Waals surface area contributed by atoms with Gasteiger partial charge < -0.3 is 9.80 Å².